The fourth-order valence-electron chi connectivity index (χ4n) is 8.92. The van der Waals surface area contributed by atoms with Crippen molar-refractivity contribution in [3.05, 3.63) is 204 Å². The molecule has 1 atom stereocenters. The summed E-state index contributed by atoms with van der Waals surface area (Å²) in [5, 5.41) is 3.34. The maximum Gasteiger partial charge on any atom is 0.0725 e. The molecule has 2 aliphatic carbocycles. The molecule has 0 saturated heterocycles. The zero-order chi connectivity index (χ0) is 44.4. The number of rotatable bonds is 2. The van der Waals surface area contributed by atoms with E-state index in [-0.39, 0.29) is 70.1 Å². The topological polar surface area (TPSA) is 0 Å². The van der Waals surface area contributed by atoms with Crippen LogP contribution in [0.2, 0.25) is 0 Å². The van der Waals surface area contributed by atoms with Gasteiger partial charge >= 0.3 is 0 Å². The first kappa shape index (κ1) is 19.5. The second kappa shape index (κ2) is 10.4. The van der Waals surface area contributed by atoms with E-state index in [0.717, 1.165) is 59.3 Å². The van der Waals surface area contributed by atoms with Crippen LogP contribution in [0, 0.1) is 0 Å². The van der Waals surface area contributed by atoms with Gasteiger partial charge in [0.1, 0.15) is 0 Å². The molecular formula is C51H30S. The molecule has 12 rings (SSSR count). The van der Waals surface area contributed by atoms with Gasteiger partial charge in [0.25, 0.3) is 0 Å². The first-order valence-corrected chi connectivity index (χ1v) is 17.9. The van der Waals surface area contributed by atoms with Gasteiger partial charge < -0.3 is 0 Å². The zero-order valence-electron chi connectivity index (χ0n) is 39.3. The number of benzene rings is 9. The van der Waals surface area contributed by atoms with Crippen molar-refractivity contribution in [3.63, 3.8) is 0 Å². The van der Waals surface area contributed by atoms with Gasteiger partial charge in [0, 0.05) is 15.2 Å². The lowest BCUT2D eigenvalue weighted by Gasteiger charge is -2.40. The van der Waals surface area contributed by atoms with E-state index in [1.54, 1.807) is 6.07 Å². The molecule has 0 fully saturated rings. The van der Waals surface area contributed by atoms with E-state index in [4.69, 9.17) is 9.60 Å². The Morgan fingerprint density at radius 1 is 0.404 bits per heavy atom. The van der Waals surface area contributed by atoms with E-state index in [1.807, 2.05) is 103 Å². The molecule has 0 bridgehead atoms. The van der Waals surface area contributed by atoms with Crippen molar-refractivity contribution in [2.45, 2.75) is 15.2 Å². The Morgan fingerprint density at radius 2 is 1.13 bits per heavy atom. The van der Waals surface area contributed by atoms with E-state index in [2.05, 4.69) is 0 Å². The van der Waals surface area contributed by atoms with Crippen molar-refractivity contribution in [2.75, 3.05) is 0 Å². The molecule has 1 aliphatic heterocycles. The first-order chi connectivity index (χ1) is 30.8. The molecule has 0 saturated carbocycles. The third-order valence-electron chi connectivity index (χ3n) is 11.0. The molecule has 0 N–H and O–H groups in total. The number of fused-ring (bicyclic) bond motifs is 11. The van der Waals surface area contributed by atoms with Crippen LogP contribution >= 0.6 is 11.8 Å². The lowest BCUT2D eigenvalue weighted by Crippen LogP contribution is -2.31. The van der Waals surface area contributed by atoms with Gasteiger partial charge in [-0.3, -0.25) is 0 Å². The Kier molecular flexibility index (Phi) is 3.91. The maximum absolute atomic E-state index is 10.4. The Morgan fingerprint density at radius 3 is 2.06 bits per heavy atom. The normalized spacial score (nSPS) is 18.9. The molecular weight excluding hydrogens is 645 g/mol. The quantitative estimate of drug-likeness (QED) is 0.174. The Bertz CT molecular complexity index is 3660. The second-order valence-electron chi connectivity index (χ2n) is 13.4. The molecule has 0 radical (unpaired) electrons. The molecule has 1 heterocycles. The summed E-state index contributed by atoms with van der Waals surface area (Å²) in [5.41, 5.74) is 5.60. The first-order valence-electron chi connectivity index (χ1n) is 23.1. The fourth-order valence-corrected chi connectivity index (χ4v) is 10.0. The summed E-state index contributed by atoms with van der Waals surface area (Å²) in [6.45, 7) is 0. The number of hydrogen-bond donors (Lipinski definition) is 0. The standard InChI is InChI=1S/C51H30S/c1-2-11-31(12-3-1)35-26-28-48-50-39(35)18-10-19-41(50)42-29-33(24-27-47(42)52-48)34-23-25-38-36-15-4-6-20-43(36)51(46(38)30-34)44-21-7-5-16-37(44)40-17-8-13-32-14-9-22-45(51)49(32)40/h1-30H/i1D,2D,3D,4D,6D,11D,12D,15D,20D,23D,25D,30D. The van der Waals surface area contributed by atoms with Crippen molar-refractivity contribution in [1.29, 1.82) is 0 Å². The Labute approximate surface area is 323 Å². The smallest absolute Gasteiger partial charge is 0.0725 e. The average molecular weight is 687 g/mol. The minimum Gasteiger partial charge on any atom is -0.0888 e. The minimum atomic E-state index is -1.46. The van der Waals surface area contributed by atoms with Crippen LogP contribution < -0.4 is 0 Å². The average Bonchev–Trinajstić information content (AvgIpc) is 3.63. The highest BCUT2D eigenvalue weighted by molar-refractivity contribution is 7.99. The minimum absolute atomic E-state index is 0.0549. The summed E-state index contributed by atoms with van der Waals surface area (Å²) >= 11 is 1.52. The van der Waals surface area contributed by atoms with Crippen LogP contribution in [0.25, 0.3) is 77.2 Å². The van der Waals surface area contributed by atoms with Gasteiger partial charge in [0.2, 0.25) is 0 Å². The Balaban J connectivity index is 1.16. The van der Waals surface area contributed by atoms with Crippen molar-refractivity contribution in [2.24, 2.45) is 0 Å². The summed E-state index contributed by atoms with van der Waals surface area (Å²) in [7, 11) is 0. The van der Waals surface area contributed by atoms with Crippen LogP contribution in [0.1, 0.15) is 38.7 Å². The monoisotopic (exact) mass is 686 g/mol. The number of hydrogen-bond acceptors (Lipinski definition) is 1. The lowest BCUT2D eigenvalue weighted by molar-refractivity contribution is 0.774. The molecule has 1 heteroatoms. The molecule has 0 amide bonds. The summed E-state index contributed by atoms with van der Waals surface area (Å²) in [6, 6.07) is 31.0. The molecule has 240 valence electrons. The second-order valence-corrected chi connectivity index (χ2v) is 14.5. The summed E-state index contributed by atoms with van der Waals surface area (Å²) in [4.78, 5) is 1.82. The molecule has 9 aromatic carbocycles. The molecule has 52 heavy (non-hydrogen) atoms. The fraction of sp³-hybridized carbons (Fsp3) is 0.0196. The van der Waals surface area contributed by atoms with Crippen LogP contribution in [0.5, 0.6) is 0 Å². The lowest BCUT2D eigenvalue weighted by atomic mass is 9.61. The van der Waals surface area contributed by atoms with Crippen molar-refractivity contribution >= 4 is 33.3 Å². The van der Waals surface area contributed by atoms with Gasteiger partial charge in [-0.25, -0.2) is 0 Å². The summed E-state index contributed by atoms with van der Waals surface area (Å²) in [5.74, 6) is 0. The van der Waals surface area contributed by atoms with Gasteiger partial charge in [0.05, 0.1) is 21.9 Å². The third-order valence-corrected chi connectivity index (χ3v) is 12.1. The van der Waals surface area contributed by atoms with Crippen LogP contribution in [-0.4, -0.2) is 0 Å². The van der Waals surface area contributed by atoms with Crippen molar-refractivity contribution in [1.82, 2.24) is 0 Å². The zero-order valence-corrected chi connectivity index (χ0v) is 28.1. The van der Waals surface area contributed by atoms with E-state index in [0.29, 0.717) is 22.1 Å². The van der Waals surface area contributed by atoms with Gasteiger partial charge in [-0.1, -0.05) is 169 Å². The molecule has 1 spiro atoms. The predicted molar refractivity (Wildman–Crippen MR) is 218 cm³/mol. The molecule has 1 unspecified atom stereocenters. The van der Waals surface area contributed by atoms with Crippen molar-refractivity contribution < 1.29 is 16.4 Å². The van der Waals surface area contributed by atoms with Gasteiger partial charge in [-0.05, 0) is 118 Å². The Hall–Kier alpha value is -6.15. The van der Waals surface area contributed by atoms with Gasteiger partial charge in [0.15, 0.2) is 0 Å². The maximum atomic E-state index is 10.4. The highest BCUT2D eigenvalue weighted by atomic mass is 32.2. The van der Waals surface area contributed by atoms with Crippen LogP contribution in [0.15, 0.2) is 191 Å². The van der Waals surface area contributed by atoms with E-state index in [1.165, 1.54) is 11.8 Å². The van der Waals surface area contributed by atoms with Crippen molar-refractivity contribution in [3.8, 4) is 55.6 Å². The summed E-state index contributed by atoms with van der Waals surface area (Å²) in [6.07, 6.45) is 0. The summed E-state index contributed by atoms with van der Waals surface area (Å²) < 4.78 is 109. The highest BCUT2D eigenvalue weighted by Gasteiger charge is 2.50. The van der Waals surface area contributed by atoms with Crippen LogP contribution in [-0.2, 0) is 5.41 Å². The van der Waals surface area contributed by atoms with Crippen LogP contribution in [0.4, 0.5) is 0 Å². The largest absolute Gasteiger partial charge is 0.0888 e. The highest BCUT2D eigenvalue weighted by Crippen LogP contribution is 2.62. The molecule has 9 aromatic rings. The van der Waals surface area contributed by atoms with Gasteiger partial charge in [-0.2, -0.15) is 0 Å². The SMILES string of the molecule is [2H]c1c([2H])c([2H])c(-c2ccc3c4c(cccc24)-c2cc(-c4c([2H])c([2H])c5c(c4[2H])C4(c6ccccc6-c6cccc7cccc4c67)c4c([2H])c([2H])c([2H])c([2H])c4-5)ccc2S3)c([2H])c1[2H]. The third kappa shape index (κ3) is 3.63. The molecule has 3 aliphatic rings. The predicted octanol–water partition coefficient (Wildman–Crippen LogP) is 13.8. The van der Waals surface area contributed by atoms with Crippen LogP contribution in [0.3, 0.4) is 0 Å². The van der Waals surface area contributed by atoms with E-state index >= 15 is 0 Å². The van der Waals surface area contributed by atoms with E-state index < -0.39 is 35.6 Å². The van der Waals surface area contributed by atoms with E-state index in [9.17, 15) is 6.85 Å². The van der Waals surface area contributed by atoms with Gasteiger partial charge in [-0.15, -0.1) is 0 Å². The molecule has 0 nitrogen and oxygen atoms in total. The molecule has 0 aromatic heterocycles.